The van der Waals surface area contributed by atoms with Crippen molar-refractivity contribution >= 4 is 11.6 Å². The maximum atomic E-state index is 12.7. The van der Waals surface area contributed by atoms with E-state index in [-0.39, 0.29) is 29.1 Å². The Kier molecular flexibility index (Phi) is 5.59. The number of nitro benzene ring substituents is 1. The van der Waals surface area contributed by atoms with Gasteiger partial charge < -0.3 is 14.8 Å². The van der Waals surface area contributed by atoms with Crippen LogP contribution in [0.4, 0.5) is 5.69 Å². The van der Waals surface area contributed by atoms with Gasteiger partial charge in [0.05, 0.1) is 24.2 Å². The first-order valence-corrected chi connectivity index (χ1v) is 8.90. The number of rotatable bonds is 5. The molecule has 2 aromatic carbocycles. The lowest BCUT2D eigenvalue weighted by Crippen LogP contribution is -2.31. The highest BCUT2D eigenvalue weighted by molar-refractivity contribution is 5.95. The van der Waals surface area contributed by atoms with Gasteiger partial charge in [0.15, 0.2) is 11.5 Å². The second kappa shape index (κ2) is 8.07. The van der Waals surface area contributed by atoms with Crippen LogP contribution in [-0.4, -0.2) is 24.0 Å². The van der Waals surface area contributed by atoms with Gasteiger partial charge in [0.1, 0.15) is 0 Å². The maximum absolute atomic E-state index is 12.7. The molecule has 1 atom stereocenters. The largest absolute Gasteiger partial charge is 0.490 e. The van der Waals surface area contributed by atoms with Crippen LogP contribution in [-0.2, 0) is 0 Å². The quantitative estimate of drug-likeness (QED) is 0.637. The predicted octanol–water partition coefficient (Wildman–Crippen LogP) is 3.88. The highest BCUT2D eigenvalue weighted by Crippen LogP contribution is 2.34. The Morgan fingerprint density at radius 3 is 2.56 bits per heavy atom. The minimum atomic E-state index is -0.513. The van der Waals surface area contributed by atoms with Gasteiger partial charge >= 0.3 is 0 Å². The Hall–Kier alpha value is -3.09. The molecule has 1 unspecified atom stereocenters. The van der Waals surface area contributed by atoms with E-state index in [2.05, 4.69) is 5.32 Å². The normalized spacial score (nSPS) is 14.3. The molecule has 0 fully saturated rings. The van der Waals surface area contributed by atoms with Gasteiger partial charge in [0.2, 0.25) is 0 Å². The number of nitrogens with one attached hydrogen (secondary N) is 1. The minimum Gasteiger partial charge on any atom is -0.490 e. The zero-order valence-corrected chi connectivity index (χ0v) is 15.3. The van der Waals surface area contributed by atoms with E-state index in [0.29, 0.717) is 24.7 Å². The summed E-state index contributed by atoms with van der Waals surface area (Å²) in [5.41, 5.74) is 1.04. The third-order valence-electron chi connectivity index (χ3n) is 4.40. The van der Waals surface area contributed by atoms with E-state index < -0.39 is 4.92 Å². The maximum Gasteiger partial charge on any atom is 0.270 e. The highest BCUT2D eigenvalue weighted by Gasteiger charge is 2.22. The summed E-state index contributed by atoms with van der Waals surface area (Å²) in [6, 6.07) is 11.1. The first-order valence-electron chi connectivity index (χ1n) is 8.90. The smallest absolute Gasteiger partial charge is 0.270 e. The summed E-state index contributed by atoms with van der Waals surface area (Å²) in [7, 11) is 0. The molecule has 0 saturated carbocycles. The number of carbonyl (C=O) groups excluding carboxylic acids is 1. The first kappa shape index (κ1) is 18.7. The lowest BCUT2D eigenvalue weighted by Gasteiger charge is -2.24. The summed E-state index contributed by atoms with van der Waals surface area (Å²) in [6.07, 6.45) is 0.821. The summed E-state index contributed by atoms with van der Waals surface area (Å²) in [5.74, 6) is 1.12. The van der Waals surface area contributed by atoms with Crippen molar-refractivity contribution in [2.45, 2.75) is 26.3 Å². The van der Waals surface area contributed by atoms with Crippen LogP contribution in [0.15, 0.2) is 42.5 Å². The lowest BCUT2D eigenvalue weighted by atomic mass is 9.95. The van der Waals surface area contributed by atoms with E-state index in [1.807, 2.05) is 32.0 Å². The van der Waals surface area contributed by atoms with Gasteiger partial charge in [-0.3, -0.25) is 14.9 Å². The van der Waals surface area contributed by atoms with Crippen LogP contribution in [0, 0.1) is 16.0 Å². The van der Waals surface area contributed by atoms with Crippen molar-refractivity contribution < 1.29 is 19.2 Å². The number of hydrogen-bond acceptors (Lipinski definition) is 5. The fourth-order valence-corrected chi connectivity index (χ4v) is 2.99. The van der Waals surface area contributed by atoms with Crippen LogP contribution in [0.3, 0.4) is 0 Å². The van der Waals surface area contributed by atoms with Gasteiger partial charge in [-0.1, -0.05) is 26.0 Å². The molecule has 0 saturated heterocycles. The second-order valence-corrected chi connectivity index (χ2v) is 6.76. The van der Waals surface area contributed by atoms with E-state index in [1.165, 1.54) is 18.2 Å². The van der Waals surface area contributed by atoms with Crippen molar-refractivity contribution in [3.05, 3.63) is 63.7 Å². The van der Waals surface area contributed by atoms with Crippen LogP contribution >= 0.6 is 0 Å². The lowest BCUT2D eigenvalue weighted by molar-refractivity contribution is -0.384. The van der Waals surface area contributed by atoms with Crippen molar-refractivity contribution in [2.75, 3.05) is 13.2 Å². The number of benzene rings is 2. The van der Waals surface area contributed by atoms with E-state index in [1.54, 1.807) is 6.07 Å². The third kappa shape index (κ3) is 4.36. The average Bonchev–Trinajstić information content (AvgIpc) is 2.90. The standard InChI is InChI=1S/C20H22N2O5/c1-13(2)19(14-7-8-17-18(12-14)27-10-4-9-26-17)21-20(23)15-5-3-6-16(11-15)22(24)25/h3,5-8,11-13,19H,4,9-10H2,1-2H3,(H,21,23). The van der Waals surface area contributed by atoms with Crippen molar-refractivity contribution in [3.8, 4) is 11.5 Å². The van der Waals surface area contributed by atoms with Gasteiger partial charge in [-0.05, 0) is 29.7 Å². The van der Waals surface area contributed by atoms with Gasteiger partial charge in [-0.2, -0.15) is 0 Å². The zero-order chi connectivity index (χ0) is 19.4. The van der Waals surface area contributed by atoms with Crippen LogP contribution in [0.5, 0.6) is 11.5 Å². The highest BCUT2D eigenvalue weighted by atomic mass is 16.6. The van der Waals surface area contributed by atoms with Crippen LogP contribution in [0.2, 0.25) is 0 Å². The Morgan fingerprint density at radius 1 is 1.11 bits per heavy atom. The molecule has 7 heteroatoms. The summed E-state index contributed by atoms with van der Waals surface area (Å²) in [6.45, 7) is 5.20. The van der Waals surface area contributed by atoms with Crippen molar-refractivity contribution in [3.63, 3.8) is 0 Å². The predicted molar refractivity (Wildman–Crippen MR) is 100 cm³/mol. The molecular weight excluding hydrogens is 348 g/mol. The molecule has 0 spiro atoms. The summed E-state index contributed by atoms with van der Waals surface area (Å²) in [5, 5.41) is 13.9. The number of nitrogens with zero attached hydrogens (tertiary/aromatic N) is 1. The SMILES string of the molecule is CC(C)C(NC(=O)c1cccc([N+](=O)[O-])c1)c1ccc2c(c1)OCCCO2. The van der Waals surface area contributed by atoms with E-state index in [0.717, 1.165) is 12.0 Å². The number of hydrogen-bond donors (Lipinski definition) is 1. The van der Waals surface area contributed by atoms with Crippen LogP contribution in [0.1, 0.15) is 42.2 Å². The molecule has 27 heavy (non-hydrogen) atoms. The van der Waals surface area contributed by atoms with E-state index in [4.69, 9.17) is 9.47 Å². The number of ether oxygens (including phenoxy) is 2. The summed E-state index contributed by atoms with van der Waals surface area (Å²) in [4.78, 5) is 23.1. The molecule has 0 radical (unpaired) electrons. The minimum absolute atomic E-state index is 0.109. The molecule has 1 aliphatic rings. The van der Waals surface area contributed by atoms with Crippen molar-refractivity contribution in [1.29, 1.82) is 0 Å². The number of non-ortho nitro benzene ring substituents is 1. The number of nitro groups is 1. The van der Waals surface area contributed by atoms with Crippen LogP contribution < -0.4 is 14.8 Å². The molecule has 1 aliphatic heterocycles. The topological polar surface area (TPSA) is 90.7 Å². The van der Waals surface area contributed by atoms with Gasteiger partial charge in [0.25, 0.3) is 11.6 Å². The molecule has 0 bridgehead atoms. The fourth-order valence-electron chi connectivity index (χ4n) is 2.99. The molecule has 3 rings (SSSR count). The molecule has 1 N–H and O–H groups in total. The Labute approximate surface area is 157 Å². The Balaban J connectivity index is 1.84. The van der Waals surface area contributed by atoms with Crippen molar-refractivity contribution in [1.82, 2.24) is 5.32 Å². The zero-order valence-electron chi connectivity index (χ0n) is 15.3. The molecule has 1 heterocycles. The molecule has 0 aliphatic carbocycles. The van der Waals surface area contributed by atoms with E-state index >= 15 is 0 Å². The van der Waals surface area contributed by atoms with Crippen LogP contribution in [0.25, 0.3) is 0 Å². The number of fused-ring (bicyclic) bond motifs is 1. The average molecular weight is 370 g/mol. The van der Waals surface area contributed by atoms with Gasteiger partial charge in [0, 0.05) is 24.1 Å². The summed E-state index contributed by atoms with van der Waals surface area (Å²) >= 11 is 0. The molecular formula is C20H22N2O5. The van der Waals surface area contributed by atoms with E-state index in [9.17, 15) is 14.9 Å². The molecule has 7 nitrogen and oxygen atoms in total. The molecule has 0 aromatic heterocycles. The monoisotopic (exact) mass is 370 g/mol. The van der Waals surface area contributed by atoms with Gasteiger partial charge in [-0.15, -0.1) is 0 Å². The molecule has 1 amide bonds. The Bertz CT molecular complexity index is 850. The van der Waals surface area contributed by atoms with Crippen molar-refractivity contribution in [2.24, 2.45) is 5.92 Å². The summed E-state index contributed by atoms with van der Waals surface area (Å²) < 4.78 is 11.4. The fraction of sp³-hybridized carbons (Fsp3) is 0.350. The molecule has 2 aromatic rings. The third-order valence-corrected chi connectivity index (χ3v) is 4.40. The second-order valence-electron chi connectivity index (χ2n) is 6.76. The number of carbonyl (C=O) groups is 1. The van der Waals surface area contributed by atoms with Gasteiger partial charge in [-0.25, -0.2) is 0 Å². The molecule has 142 valence electrons. The number of amides is 1. The Morgan fingerprint density at radius 2 is 1.85 bits per heavy atom. The first-order chi connectivity index (χ1) is 13.0.